The number of carbonyl (C=O) groups is 2. The van der Waals surface area contributed by atoms with Gasteiger partial charge in [-0.25, -0.2) is 0 Å². The van der Waals surface area contributed by atoms with Crippen molar-refractivity contribution >= 4 is 52.5 Å². The van der Waals surface area contributed by atoms with Crippen molar-refractivity contribution in [1.82, 2.24) is 10.2 Å². The number of ether oxygens (including phenoxy) is 2. The Labute approximate surface area is 260 Å². The van der Waals surface area contributed by atoms with E-state index >= 15 is 0 Å². The van der Waals surface area contributed by atoms with Gasteiger partial charge in [0.25, 0.3) is 5.91 Å². The second-order valence-electron chi connectivity index (χ2n) is 8.34. The molecule has 4 aromatic rings. The first kappa shape index (κ1) is 29.1. The molecule has 0 bridgehead atoms. The Bertz CT molecular complexity index is 1540. The summed E-state index contributed by atoms with van der Waals surface area (Å²) in [6.45, 7) is 0.249. The van der Waals surface area contributed by atoms with Crippen molar-refractivity contribution in [2.75, 3.05) is 11.9 Å². The van der Waals surface area contributed by atoms with Gasteiger partial charge in [0.15, 0.2) is 5.82 Å². The van der Waals surface area contributed by atoms with Crippen LogP contribution in [0.3, 0.4) is 0 Å². The molecule has 0 fully saturated rings. The Kier molecular flexibility index (Phi) is 9.38. The molecular weight excluding hydrogens is 576 g/mol. The van der Waals surface area contributed by atoms with Crippen molar-refractivity contribution in [2.24, 2.45) is 0 Å². The maximum absolute atomic E-state index is 12.7. The number of anilines is 1. The van der Waals surface area contributed by atoms with Gasteiger partial charge in [0.2, 0.25) is 0 Å². The first-order valence-corrected chi connectivity index (χ1v) is 12.5. The van der Waals surface area contributed by atoms with E-state index in [2.05, 4.69) is 15.5 Å². The van der Waals surface area contributed by atoms with Crippen molar-refractivity contribution < 1.29 is 53.7 Å². The molecule has 1 N–H and O–H groups in total. The monoisotopic (exact) mass is 591 g/mol. The summed E-state index contributed by atoms with van der Waals surface area (Å²) in [5.74, 6) is -0.995. The zero-order valence-corrected chi connectivity index (χ0v) is 24.7. The van der Waals surface area contributed by atoms with Crippen LogP contribution >= 0.6 is 34.8 Å². The summed E-state index contributed by atoms with van der Waals surface area (Å²) in [5.41, 5.74) is 2.13. The van der Waals surface area contributed by atoms with Crippen LogP contribution in [-0.4, -0.2) is 28.7 Å². The molecule has 1 aromatic heterocycles. The molecule has 0 saturated carbocycles. The molecule has 0 aliphatic carbocycles. The standard InChI is InChI=1S/C27H18Cl3N3O5.Na/c28-19-6-3-15(11-20(19)29)22-7-8-25(33-32-22)31-26(34)14-1-4-16(5-2-14)38-24-13-23-18(12-21(24)30)17(27(35)36)9-10-37-23;/h1-8,11-13,17H,9-10H2,(H,35,36)(H,31,33,34);/q;+1/p-1. The summed E-state index contributed by atoms with van der Waals surface area (Å²) in [4.78, 5) is 24.1. The largest absolute Gasteiger partial charge is 1.00 e. The number of fused-ring (bicyclic) bond motifs is 1. The Hall–Kier alpha value is -2.85. The topological polar surface area (TPSA) is 113 Å². The number of rotatable bonds is 6. The van der Waals surface area contributed by atoms with Gasteiger partial charge in [0.05, 0.1) is 27.4 Å². The van der Waals surface area contributed by atoms with Crippen LogP contribution < -0.4 is 49.5 Å². The van der Waals surface area contributed by atoms with Crippen LogP contribution in [0.4, 0.5) is 5.82 Å². The van der Waals surface area contributed by atoms with E-state index < -0.39 is 11.9 Å². The van der Waals surface area contributed by atoms with Crippen LogP contribution in [0.2, 0.25) is 15.1 Å². The minimum atomic E-state index is -1.18. The molecular formula is C27H17Cl3N3NaO5. The summed E-state index contributed by atoms with van der Waals surface area (Å²) < 4.78 is 11.4. The molecule has 1 amide bonds. The molecule has 0 saturated heterocycles. The van der Waals surface area contributed by atoms with Crippen LogP contribution in [0.25, 0.3) is 11.3 Å². The van der Waals surface area contributed by atoms with Crippen LogP contribution in [0.5, 0.6) is 17.2 Å². The quantitative estimate of drug-likeness (QED) is 0.343. The number of benzene rings is 3. The van der Waals surface area contributed by atoms with Gasteiger partial charge in [-0.2, -0.15) is 0 Å². The molecule has 3 aromatic carbocycles. The van der Waals surface area contributed by atoms with Gasteiger partial charge in [0.1, 0.15) is 17.2 Å². The number of aliphatic carboxylic acids is 1. The van der Waals surface area contributed by atoms with Crippen molar-refractivity contribution in [3.8, 4) is 28.5 Å². The van der Waals surface area contributed by atoms with Gasteiger partial charge in [-0.3, -0.25) is 4.79 Å². The average molecular weight is 593 g/mol. The van der Waals surface area contributed by atoms with E-state index in [-0.39, 0.29) is 52.9 Å². The van der Waals surface area contributed by atoms with E-state index in [0.717, 1.165) is 5.56 Å². The van der Waals surface area contributed by atoms with Crippen molar-refractivity contribution in [3.05, 3.63) is 92.9 Å². The number of aromatic nitrogens is 2. The van der Waals surface area contributed by atoms with Gasteiger partial charge in [-0.1, -0.05) is 40.9 Å². The molecule has 0 radical (unpaired) electrons. The molecule has 2 heterocycles. The van der Waals surface area contributed by atoms with Gasteiger partial charge in [0, 0.05) is 34.6 Å². The van der Waals surface area contributed by atoms with E-state index in [1.807, 2.05) is 0 Å². The van der Waals surface area contributed by atoms with Crippen LogP contribution in [-0.2, 0) is 4.79 Å². The molecule has 1 unspecified atom stereocenters. The Morgan fingerprint density at radius 1 is 0.923 bits per heavy atom. The SMILES string of the molecule is O=C(Nc1ccc(-c2ccc(Cl)c(Cl)c2)nn1)c1ccc(Oc2cc3c(cc2Cl)C(C(=O)[O-])CCO3)cc1.[Na+]. The Morgan fingerprint density at radius 3 is 2.36 bits per heavy atom. The number of carboxylic acid groups (broad SMARTS) is 1. The molecule has 192 valence electrons. The number of halogens is 3. The normalized spacial score (nSPS) is 13.9. The Morgan fingerprint density at radius 2 is 1.69 bits per heavy atom. The minimum absolute atomic E-state index is 0. The first-order chi connectivity index (χ1) is 18.3. The van der Waals surface area contributed by atoms with Crippen molar-refractivity contribution in [1.29, 1.82) is 0 Å². The molecule has 5 rings (SSSR count). The fourth-order valence-corrected chi connectivity index (χ4v) is 4.42. The summed E-state index contributed by atoms with van der Waals surface area (Å²) in [7, 11) is 0. The molecule has 39 heavy (non-hydrogen) atoms. The number of carbonyl (C=O) groups excluding carboxylic acids is 2. The van der Waals surface area contributed by atoms with E-state index in [9.17, 15) is 14.7 Å². The third kappa shape index (κ3) is 6.66. The zero-order chi connectivity index (χ0) is 26.8. The smallest absolute Gasteiger partial charge is 0.549 e. The number of hydrogen-bond acceptors (Lipinski definition) is 7. The van der Waals surface area contributed by atoms with E-state index in [0.29, 0.717) is 50.5 Å². The molecule has 8 nitrogen and oxygen atoms in total. The molecule has 12 heteroatoms. The summed E-state index contributed by atoms with van der Waals surface area (Å²) >= 11 is 18.3. The first-order valence-electron chi connectivity index (χ1n) is 11.3. The molecule has 1 aliphatic heterocycles. The summed E-state index contributed by atoms with van der Waals surface area (Å²) in [5, 5.41) is 23.4. The fourth-order valence-electron chi connectivity index (χ4n) is 3.91. The average Bonchev–Trinajstić information content (AvgIpc) is 2.91. The van der Waals surface area contributed by atoms with Crippen molar-refractivity contribution in [2.45, 2.75) is 12.3 Å². The third-order valence-corrected chi connectivity index (χ3v) is 6.89. The third-order valence-electron chi connectivity index (χ3n) is 5.85. The van der Waals surface area contributed by atoms with Crippen molar-refractivity contribution in [3.63, 3.8) is 0 Å². The molecule has 0 spiro atoms. The summed E-state index contributed by atoms with van der Waals surface area (Å²) in [6, 6.07) is 17.9. The van der Waals surface area contributed by atoms with Crippen LogP contribution in [0, 0.1) is 0 Å². The van der Waals surface area contributed by atoms with Crippen LogP contribution in [0.15, 0.2) is 66.7 Å². The van der Waals surface area contributed by atoms with Gasteiger partial charge >= 0.3 is 29.6 Å². The number of nitrogens with zero attached hydrogens (tertiary/aromatic N) is 2. The molecule has 1 aliphatic rings. The number of hydrogen-bond donors (Lipinski definition) is 1. The maximum atomic E-state index is 12.7. The van der Waals surface area contributed by atoms with E-state index in [1.54, 1.807) is 60.7 Å². The number of carboxylic acids is 1. The zero-order valence-electron chi connectivity index (χ0n) is 20.4. The number of amides is 1. The Balaban J connectivity index is 0.00000353. The fraction of sp³-hybridized carbons (Fsp3) is 0.111. The predicted octanol–water partition coefficient (Wildman–Crippen LogP) is 2.77. The second-order valence-corrected chi connectivity index (χ2v) is 9.56. The van der Waals surface area contributed by atoms with E-state index in [4.69, 9.17) is 44.3 Å². The van der Waals surface area contributed by atoms with Gasteiger partial charge in [-0.15, -0.1) is 10.2 Å². The van der Waals surface area contributed by atoms with Gasteiger partial charge < -0.3 is 24.7 Å². The molecule has 1 atom stereocenters. The van der Waals surface area contributed by atoms with E-state index in [1.165, 1.54) is 6.07 Å². The van der Waals surface area contributed by atoms with Crippen LogP contribution in [0.1, 0.15) is 28.3 Å². The van der Waals surface area contributed by atoms with Gasteiger partial charge in [-0.05, 0) is 61.0 Å². The minimum Gasteiger partial charge on any atom is -0.549 e. The number of nitrogens with one attached hydrogen (secondary N) is 1. The summed E-state index contributed by atoms with van der Waals surface area (Å²) in [6.07, 6.45) is 0.308. The predicted molar refractivity (Wildman–Crippen MR) is 141 cm³/mol. The second kappa shape index (κ2) is 12.6. The maximum Gasteiger partial charge on any atom is 1.00 e.